The number of ketones is 2. The number of benzene rings is 1. The van der Waals surface area contributed by atoms with Crippen molar-refractivity contribution in [2.45, 2.75) is 59.3 Å². The number of nitrogens with zero attached hydrogens (tertiary/aromatic N) is 1. The third-order valence-electron chi connectivity index (χ3n) is 7.10. The van der Waals surface area contributed by atoms with Crippen LogP contribution in [0, 0.1) is 11.8 Å². The third kappa shape index (κ3) is 3.72. The van der Waals surface area contributed by atoms with Crippen LogP contribution in [0.15, 0.2) is 46.6 Å². The van der Waals surface area contributed by atoms with Gasteiger partial charge in [0.05, 0.1) is 6.61 Å². The average molecular weight is 436 g/mol. The highest BCUT2D eigenvalue weighted by Crippen LogP contribution is 2.49. The van der Waals surface area contributed by atoms with E-state index in [1.165, 1.54) is 11.1 Å². The Morgan fingerprint density at radius 2 is 1.72 bits per heavy atom. The van der Waals surface area contributed by atoms with Gasteiger partial charge in [-0.1, -0.05) is 56.5 Å². The second-order valence-electron chi connectivity index (χ2n) is 8.99. The number of likely N-dealkylation sites (tertiary alicyclic amines) is 1. The van der Waals surface area contributed by atoms with Crippen molar-refractivity contribution >= 4 is 17.7 Å². The van der Waals surface area contributed by atoms with Gasteiger partial charge in [0, 0.05) is 47.2 Å². The molecule has 4 rings (SSSR count). The number of rotatable bonds is 6. The molecule has 0 bridgehead atoms. The summed E-state index contributed by atoms with van der Waals surface area (Å²) in [4.78, 5) is 41.7. The summed E-state index contributed by atoms with van der Waals surface area (Å²) >= 11 is 0. The molecule has 2 unspecified atom stereocenters. The molecule has 0 aromatic heterocycles. The molecule has 5 heteroatoms. The van der Waals surface area contributed by atoms with Crippen LogP contribution in [0.25, 0.3) is 0 Å². The zero-order valence-electron chi connectivity index (χ0n) is 19.4. The first-order valence-corrected chi connectivity index (χ1v) is 12.1. The molecule has 1 aromatic rings. The Morgan fingerprint density at radius 1 is 1.03 bits per heavy atom. The lowest BCUT2D eigenvalue weighted by molar-refractivity contribution is 0.0927. The van der Waals surface area contributed by atoms with Crippen molar-refractivity contribution in [1.82, 2.24) is 4.90 Å². The molecule has 170 valence electrons. The fourth-order valence-corrected chi connectivity index (χ4v) is 5.68. The lowest BCUT2D eigenvalue weighted by Crippen LogP contribution is -2.45. The predicted octanol–water partition coefficient (Wildman–Crippen LogP) is 5.76. The van der Waals surface area contributed by atoms with Crippen molar-refractivity contribution in [3.63, 3.8) is 0 Å². The van der Waals surface area contributed by atoms with Gasteiger partial charge in [0.25, 0.3) is 0 Å². The zero-order valence-corrected chi connectivity index (χ0v) is 19.4. The topological polar surface area (TPSA) is 63.7 Å². The zero-order chi connectivity index (χ0) is 22.8. The standard InChI is InChI=1S/C27H33NO4/c1-4-7-11-17-18(10-5-2)23-24(26(30)21-13-9-8-12-20(21)25(23)29)19-14-15-28(16-22(17)19)27(31)32-6-3/h8-9,12-13,18-19H,4-7,10-11,14-16H2,1-3H3. The molecule has 1 saturated heterocycles. The fourth-order valence-electron chi connectivity index (χ4n) is 5.68. The minimum atomic E-state index is -0.295. The Kier molecular flexibility index (Phi) is 6.63. The Balaban J connectivity index is 1.84. The molecular formula is C27H33NO4. The number of Topliss-reactive ketones (excluding diaryl/α,β-unsaturated/α-hetero) is 2. The summed E-state index contributed by atoms with van der Waals surface area (Å²) in [5.41, 5.74) is 4.96. The predicted molar refractivity (Wildman–Crippen MR) is 124 cm³/mol. The summed E-state index contributed by atoms with van der Waals surface area (Å²) in [6.45, 7) is 7.48. The highest BCUT2D eigenvalue weighted by Gasteiger charge is 2.46. The minimum Gasteiger partial charge on any atom is -0.450 e. The lowest BCUT2D eigenvalue weighted by Gasteiger charge is -2.44. The number of hydrogen-bond acceptors (Lipinski definition) is 4. The number of ether oxygens (including phenoxy) is 1. The first-order valence-electron chi connectivity index (χ1n) is 12.1. The number of allylic oxidation sites excluding steroid dienone is 3. The van der Waals surface area contributed by atoms with Gasteiger partial charge in [-0.05, 0) is 38.2 Å². The van der Waals surface area contributed by atoms with E-state index < -0.39 is 0 Å². The quantitative estimate of drug-likeness (QED) is 0.533. The van der Waals surface area contributed by atoms with Gasteiger partial charge < -0.3 is 9.64 Å². The van der Waals surface area contributed by atoms with E-state index in [9.17, 15) is 14.4 Å². The first-order chi connectivity index (χ1) is 15.5. The van der Waals surface area contributed by atoms with Crippen molar-refractivity contribution in [1.29, 1.82) is 0 Å². The van der Waals surface area contributed by atoms with Gasteiger partial charge in [0.15, 0.2) is 11.6 Å². The van der Waals surface area contributed by atoms with Crippen molar-refractivity contribution in [2.75, 3.05) is 19.7 Å². The molecule has 5 nitrogen and oxygen atoms in total. The maximum absolute atomic E-state index is 13.7. The lowest BCUT2D eigenvalue weighted by atomic mass is 9.62. The Hall–Kier alpha value is -2.69. The summed E-state index contributed by atoms with van der Waals surface area (Å²) in [6.07, 6.45) is 5.13. The summed E-state index contributed by atoms with van der Waals surface area (Å²) < 4.78 is 5.27. The van der Waals surface area contributed by atoms with E-state index in [0.29, 0.717) is 42.8 Å². The van der Waals surface area contributed by atoms with Crippen LogP contribution in [0.1, 0.15) is 80.0 Å². The average Bonchev–Trinajstić information content (AvgIpc) is 2.81. The van der Waals surface area contributed by atoms with Crippen LogP contribution in [0.2, 0.25) is 0 Å². The second-order valence-corrected chi connectivity index (χ2v) is 8.99. The number of fused-ring (bicyclic) bond motifs is 3. The van der Waals surface area contributed by atoms with Gasteiger partial charge >= 0.3 is 6.09 Å². The normalized spacial score (nSPS) is 22.5. The van der Waals surface area contributed by atoms with Gasteiger partial charge in [0.2, 0.25) is 0 Å². The van der Waals surface area contributed by atoms with E-state index in [1.54, 1.807) is 17.0 Å². The maximum Gasteiger partial charge on any atom is 0.410 e. The fraction of sp³-hybridized carbons (Fsp3) is 0.519. The van der Waals surface area contributed by atoms with Crippen LogP contribution in [0.5, 0.6) is 0 Å². The summed E-state index contributed by atoms with van der Waals surface area (Å²) in [6, 6.07) is 7.23. The number of piperidine rings is 1. The van der Waals surface area contributed by atoms with Crippen LogP contribution in [0.4, 0.5) is 4.79 Å². The Labute approximate surface area is 190 Å². The molecule has 1 heterocycles. The number of amides is 1. The van der Waals surface area contributed by atoms with Crippen LogP contribution in [-0.4, -0.2) is 42.3 Å². The largest absolute Gasteiger partial charge is 0.450 e. The molecule has 1 aliphatic heterocycles. The minimum absolute atomic E-state index is 0.00192. The van der Waals surface area contributed by atoms with Crippen molar-refractivity contribution in [2.24, 2.45) is 11.8 Å². The number of hydrogen-bond donors (Lipinski definition) is 0. The van der Waals surface area contributed by atoms with E-state index in [0.717, 1.165) is 37.7 Å². The van der Waals surface area contributed by atoms with E-state index in [-0.39, 0.29) is 29.5 Å². The van der Waals surface area contributed by atoms with E-state index in [4.69, 9.17) is 4.74 Å². The highest BCUT2D eigenvalue weighted by molar-refractivity contribution is 6.27. The third-order valence-corrected chi connectivity index (χ3v) is 7.10. The highest BCUT2D eigenvalue weighted by atomic mass is 16.6. The van der Waals surface area contributed by atoms with E-state index >= 15 is 0 Å². The molecule has 1 amide bonds. The first kappa shape index (κ1) is 22.5. The molecule has 32 heavy (non-hydrogen) atoms. The summed E-state index contributed by atoms with van der Waals surface area (Å²) in [5, 5.41) is 0. The number of carbonyl (C=O) groups excluding carboxylic acids is 3. The molecule has 0 radical (unpaired) electrons. The second kappa shape index (κ2) is 9.43. The van der Waals surface area contributed by atoms with E-state index in [1.807, 2.05) is 19.1 Å². The molecule has 3 aliphatic rings. The summed E-state index contributed by atoms with van der Waals surface area (Å²) in [5.74, 6) is -0.104. The smallest absolute Gasteiger partial charge is 0.410 e. The molecule has 1 fully saturated rings. The monoisotopic (exact) mass is 435 g/mol. The SMILES string of the molecule is CCCCC1=C2CN(C(=O)OCC)CCC2C2=C(C(=O)c3ccccc3C2=O)C1CCC. The molecule has 1 aromatic carbocycles. The van der Waals surface area contributed by atoms with Gasteiger partial charge in [-0.15, -0.1) is 0 Å². The van der Waals surface area contributed by atoms with Gasteiger partial charge in [-0.25, -0.2) is 4.79 Å². The van der Waals surface area contributed by atoms with Crippen molar-refractivity contribution in [3.05, 3.63) is 57.7 Å². The number of unbranched alkanes of at least 4 members (excludes halogenated alkanes) is 1. The van der Waals surface area contributed by atoms with Gasteiger partial charge in [0.1, 0.15) is 0 Å². The Morgan fingerprint density at radius 3 is 2.34 bits per heavy atom. The maximum atomic E-state index is 13.7. The molecule has 0 N–H and O–H groups in total. The van der Waals surface area contributed by atoms with Crippen LogP contribution < -0.4 is 0 Å². The van der Waals surface area contributed by atoms with E-state index in [2.05, 4.69) is 13.8 Å². The summed E-state index contributed by atoms with van der Waals surface area (Å²) in [7, 11) is 0. The van der Waals surface area contributed by atoms with Crippen LogP contribution in [-0.2, 0) is 4.74 Å². The van der Waals surface area contributed by atoms with Gasteiger partial charge in [-0.3, -0.25) is 9.59 Å². The molecule has 2 aliphatic carbocycles. The molecule has 0 saturated carbocycles. The molecule has 0 spiro atoms. The molecular weight excluding hydrogens is 402 g/mol. The van der Waals surface area contributed by atoms with Crippen molar-refractivity contribution < 1.29 is 19.1 Å². The van der Waals surface area contributed by atoms with Crippen LogP contribution in [0.3, 0.4) is 0 Å². The van der Waals surface area contributed by atoms with Crippen LogP contribution >= 0.6 is 0 Å². The molecule has 2 atom stereocenters. The van der Waals surface area contributed by atoms with Crippen molar-refractivity contribution in [3.8, 4) is 0 Å². The number of carbonyl (C=O) groups is 3. The van der Waals surface area contributed by atoms with Gasteiger partial charge in [-0.2, -0.15) is 0 Å². The Bertz CT molecular complexity index is 1000.